The number of non-ortho nitro benzene ring substituents is 1. The van der Waals surface area contributed by atoms with Crippen LogP contribution < -0.4 is 4.90 Å². The van der Waals surface area contributed by atoms with E-state index >= 15 is 4.39 Å². The Morgan fingerprint density at radius 1 is 0.854 bits per heavy atom. The van der Waals surface area contributed by atoms with Gasteiger partial charge in [-0.1, -0.05) is 84.9 Å². The lowest BCUT2D eigenvalue weighted by molar-refractivity contribution is -0.384. The molecular formula is C33H21FN2O5. The summed E-state index contributed by atoms with van der Waals surface area (Å²) in [5, 5.41) is 11.6. The van der Waals surface area contributed by atoms with E-state index in [2.05, 4.69) is 0 Å². The topological polar surface area (TPSA) is 97.6 Å². The van der Waals surface area contributed by atoms with Crippen molar-refractivity contribution in [3.8, 4) is 0 Å². The number of fused-ring (bicyclic) bond motifs is 5. The van der Waals surface area contributed by atoms with Gasteiger partial charge >= 0.3 is 0 Å². The van der Waals surface area contributed by atoms with E-state index in [1.54, 1.807) is 53.4 Å². The van der Waals surface area contributed by atoms with Crippen molar-refractivity contribution in [2.24, 2.45) is 5.41 Å². The number of para-hydroxylation sites is 1. The minimum atomic E-state index is -1.85. The Kier molecular flexibility index (Phi) is 5.37. The number of benzene rings is 4. The first-order valence-corrected chi connectivity index (χ1v) is 13.1. The van der Waals surface area contributed by atoms with Gasteiger partial charge < -0.3 is 4.90 Å². The van der Waals surface area contributed by atoms with E-state index in [0.29, 0.717) is 5.69 Å². The van der Waals surface area contributed by atoms with Gasteiger partial charge in [-0.25, -0.2) is 4.39 Å². The van der Waals surface area contributed by atoms with Crippen molar-refractivity contribution in [3.05, 3.63) is 147 Å². The van der Waals surface area contributed by atoms with Gasteiger partial charge in [0.25, 0.3) is 5.69 Å². The Labute approximate surface area is 233 Å². The Bertz CT molecular complexity index is 1810. The molecule has 41 heavy (non-hydrogen) atoms. The van der Waals surface area contributed by atoms with E-state index in [4.69, 9.17) is 0 Å². The normalized spacial score (nSPS) is 21.5. The third kappa shape index (κ3) is 3.27. The largest absolute Gasteiger partial charge is 0.352 e. The predicted octanol–water partition coefficient (Wildman–Crippen LogP) is 6.05. The van der Waals surface area contributed by atoms with E-state index in [1.807, 2.05) is 18.2 Å². The first kappa shape index (κ1) is 24.8. The number of hydrogen-bond acceptors (Lipinski definition) is 6. The summed E-state index contributed by atoms with van der Waals surface area (Å²) >= 11 is 0. The molecule has 3 aliphatic rings. The van der Waals surface area contributed by atoms with Crippen LogP contribution in [0.4, 0.5) is 15.8 Å². The number of ketones is 3. The molecule has 2 aliphatic heterocycles. The summed E-state index contributed by atoms with van der Waals surface area (Å²) in [6.07, 6.45) is 3.57. The highest BCUT2D eigenvalue weighted by molar-refractivity contribution is 6.32. The van der Waals surface area contributed by atoms with Gasteiger partial charge in [-0.2, -0.15) is 0 Å². The van der Waals surface area contributed by atoms with Gasteiger partial charge in [0.05, 0.1) is 11.0 Å². The second-order valence-corrected chi connectivity index (χ2v) is 10.5. The summed E-state index contributed by atoms with van der Waals surface area (Å²) in [7, 11) is 0. The summed E-state index contributed by atoms with van der Waals surface area (Å²) in [5.74, 6) is -3.38. The number of Topliss-reactive ketones (excluding diaryl/α,β-unsaturated/α-hetero) is 3. The Hall–Kier alpha value is -5.24. The van der Waals surface area contributed by atoms with Crippen LogP contribution in [0, 0.1) is 21.3 Å². The van der Waals surface area contributed by atoms with Crippen LogP contribution in [0.1, 0.15) is 48.1 Å². The van der Waals surface area contributed by atoms with E-state index in [1.165, 1.54) is 42.5 Å². The number of carbonyl (C=O) groups excluding carboxylic acids is 3. The molecular weight excluding hydrogens is 523 g/mol. The molecule has 0 saturated carbocycles. The Balaban J connectivity index is 1.55. The summed E-state index contributed by atoms with van der Waals surface area (Å²) in [6.45, 7) is 0. The SMILES string of the molecule is O=C(c1cccc([N+](=O)[O-])c1)[C@H]1[C@H](c2ccccc2F)C2(C(=O)c3ccccc3C2=O)C2C=Cc3ccccc3N21. The van der Waals surface area contributed by atoms with Crippen LogP contribution in [0.5, 0.6) is 0 Å². The van der Waals surface area contributed by atoms with Crippen molar-refractivity contribution in [1.29, 1.82) is 0 Å². The highest BCUT2D eigenvalue weighted by Crippen LogP contribution is 2.61. The number of hydrogen-bond donors (Lipinski definition) is 0. The zero-order chi connectivity index (χ0) is 28.5. The second-order valence-electron chi connectivity index (χ2n) is 10.5. The van der Waals surface area contributed by atoms with Crippen LogP contribution in [-0.2, 0) is 0 Å². The molecule has 1 fully saturated rings. The third-order valence-corrected chi connectivity index (χ3v) is 8.56. The summed E-state index contributed by atoms with van der Waals surface area (Å²) in [5.41, 5.74) is -0.198. The van der Waals surface area contributed by atoms with Crippen molar-refractivity contribution in [1.82, 2.24) is 0 Å². The molecule has 1 saturated heterocycles. The Morgan fingerprint density at radius 3 is 2.22 bits per heavy atom. The zero-order valence-electron chi connectivity index (χ0n) is 21.4. The smallest absolute Gasteiger partial charge is 0.270 e. The van der Waals surface area contributed by atoms with Crippen molar-refractivity contribution in [3.63, 3.8) is 0 Å². The minimum absolute atomic E-state index is 0.0313. The van der Waals surface area contributed by atoms with Crippen LogP contribution >= 0.6 is 0 Å². The molecule has 0 radical (unpaired) electrons. The highest BCUT2D eigenvalue weighted by Gasteiger charge is 2.71. The number of anilines is 1. The van der Waals surface area contributed by atoms with Crippen molar-refractivity contribution < 1.29 is 23.7 Å². The average Bonchev–Trinajstić information content (AvgIpc) is 3.43. The van der Waals surface area contributed by atoms with E-state index < -0.39 is 51.5 Å². The van der Waals surface area contributed by atoms with Crippen molar-refractivity contribution in [2.45, 2.75) is 18.0 Å². The summed E-state index contributed by atoms with van der Waals surface area (Å²) in [4.78, 5) is 56.4. The minimum Gasteiger partial charge on any atom is -0.352 e. The molecule has 8 heteroatoms. The maximum Gasteiger partial charge on any atom is 0.270 e. The summed E-state index contributed by atoms with van der Waals surface area (Å²) in [6, 6.07) is 22.9. The first-order chi connectivity index (χ1) is 19.9. The summed E-state index contributed by atoms with van der Waals surface area (Å²) < 4.78 is 15.8. The fourth-order valence-corrected chi connectivity index (χ4v) is 6.93. The quantitative estimate of drug-likeness (QED) is 0.134. The fraction of sp³-hybridized carbons (Fsp3) is 0.121. The molecule has 4 aromatic carbocycles. The average molecular weight is 545 g/mol. The fourth-order valence-electron chi connectivity index (χ4n) is 6.93. The molecule has 7 rings (SSSR count). The molecule has 1 spiro atoms. The zero-order valence-corrected chi connectivity index (χ0v) is 21.4. The molecule has 3 atom stereocenters. The van der Waals surface area contributed by atoms with Gasteiger partial charge in [0.1, 0.15) is 17.3 Å². The number of carbonyl (C=O) groups is 3. The molecule has 200 valence electrons. The lowest BCUT2D eigenvalue weighted by Crippen LogP contribution is -2.48. The standard InChI is InChI=1S/C33H21FN2O5/c34-25-14-5-4-13-24(25)28-29(30(37)20-9-7-10-21(18-20)36(40)41)35-26-15-6-1-8-19(26)16-17-27(35)33(28)31(38)22-11-2-3-12-23(22)32(33)39/h1-18,27-29H/t27?,28-,29+/m0/s1. The van der Waals surface area contributed by atoms with Crippen molar-refractivity contribution >= 4 is 34.8 Å². The van der Waals surface area contributed by atoms with Crippen molar-refractivity contribution in [2.75, 3.05) is 4.90 Å². The van der Waals surface area contributed by atoms with Gasteiger partial charge in [-0.3, -0.25) is 24.5 Å². The molecule has 0 N–H and O–H groups in total. The van der Waals surface area contributed by atoms with E-state index in [-0.39, 0.29) is 27.9 Å². The molecule has 0 bridgehead atoms. The molecule has 0 aromatic heterocycles. The van der Waals surface area contributed by atoms with Gasteiger partial charge in [0.15, 0.2) is 17.3 Å². The second kappa shape index (κ2) is 8.89. The van der Waals surface area contributed by atoms with Gasteiger partial charge in [0, 0.05) is 40.4 Å². The molecule has 2 heterocycles. The van der Waals surface area contributed by atoms with Gasteiger partial charge in [-0.15, -0.1) is 0 Å². The van der Waals surface area contributed by atoms with Crippen LogP contribution in [0.25, 0.3) is 6.08 Å². The molecule has 1 unspecified atom stereocenters. The Morgan fingerprint density at radius 2 is 1.51 bits per heavy atom. The van der Waals surface area contributed by atoms with E-state index in [9.17, 15) is 24.5 Å². The third-order valence-electron chi connectivity index (χ3n) is 8.56. The molecule has 7 nitrogen and oxygen atoms in total. The number of nitrogens with zero attached hydrogens (tertiary/aromatic N) is 2. The highest BCUT2D eigenvalue weighted by atomic mass is 19.1. The first-order valence-electron chi connectivity index (χ1n) is 13.1. The monoisotopic (exact) mass is 544 g/mol. The van der Waals surface area contributed by atoms with Crippen LogP contribution in [0.2, 0.25) is 0 Å². The van der Waals surface area contributed by atoms with Gasteiger partial charge in [0.2, 0.25) is 0 Å². The van der Waals surface area contributed by atoms with E-state index in [0.717, 1.165) is 5.56 Å². The number of nitro benzene ring substituents is 1. The lowest BCUT2D eigenvalue weighted by Gasteiger charge is -2.37. The van der Waals surface area contributed by atoms with Crippen LogP contribution in [-0.4, -0.2) is 34.4 Å². The molecule has 4 aromatic rings. The lowest BCUT2D eigenvalue weighted by atomic mass is 9.64. The number of halogens is 1. The van der Waals surface area contributed by atoms with Gasteiger partial charge in [-0.05, 0) is 23.3 Å². The van der Waals surface area contributed by atoms with Crippen LogP contribution in [0.15, 0.2) is 103 Å². The number of nitro groups is 1. The molecule has 0 amide bonds. The number of rotatable bonds is 4. The molecule has 1 aliphatic carbocycles. The predicted molar refractivity (Wildman–Crippen MR) is 150 cm³/mol. The maximum atomic E-state index is 15.8. The van der Waals surface area contributed by atoms with Crippen LogP contribution in [0.3, 0.4) is 0 Å². The maximum absolute atomic E-state index is 15.8.